The van der Waals surface area contributed by atoms with E-state index in [1.54, 1.807) is 24.4 Å². The Morgan fingerprint density at radius 1 is 1.00 bits per heavy atom. The summed E-state index contributed by atoms with van der Waals surface area (Å²) in [5.41, 5.74) is 4.23. The summed E-state index contributed by atoms with van der Waals surface area (Å²) in [6.45, 7) is 5.99. The lowest BCUT2D eigenvalue weighted by molar-refractivity contribution is 0.584. The molecule has 0 aliphatic carbocycles. The van der Waals surface area contributed by atoms with Crippen molar-refractivity contribution in [3.8, 4) is 0 Å². The van der Waals surface area contributed by atoms with Crippen molar-refractivity contribution >= 4 is 16.2 Å². The number of nitrogens with zero attached hydrogens (tertiary/aromatic N) is 1. The van der Waals surface area contributed by atoms with Crippen LogP contribution in [0, 0.1) is 20.8 Å². The molecule has 0 bridgehead atoms. The van der Waals surface area contributed by atoms with Gasteiger partial charge in [0.1, 0.15) is 0 Å². The number of rotatable bonds is 4. The van der Waals surface area contributed by atoms with Crippen LogP contribution in [0.1, 0.15) is 22.3 Å². The van der Waals surface area contributed by atoms with Gasteiger partial charge >= 0.3 is 0 Å². The second kappa shape index (κ2) is 6.10. The number of aryl methyl sites for hydroxylation is 3. The van der Waals surface area contributed by atoms with Crippen LogP contribution in [-0.4, -0.2) is 14.6 Å². The van der Waals surface area contributed by atoms with Crippen molar-refractivity contribution in [2.24, 2.45) is 5.10 Å². The summed E-state index contributed by atoms with van der Waals surface area (Å²) in [4.78, 5) is 2.43. The van der Waals surface area contributed by atoms with E-state index in [1.165, 1.54) is 17.7 Å². The Balaban J connectivity index is 2.21. The van der Waals surface area contributed by atoms with Crippen molar-refractivity contribution in [1.82, 2.24) is 4.83 Å². The van der Waals surface area contributed by atoms with Crippen LogP contribution in [-0.2, 0) is 10.0 Å². The molecule has 0 aliphatic heterocycles. The Hall–Kier alpha value is -2.14. The average molecular weight is 302 g/mol. The molecule has 0 atom stereocenters. The molecule has 0 unspecified atom stereocenters. The molecule has 0 radical (unpaired) electrons. The SMILES string of the molecule is Cc1cc(C)c(/C=N\NS(=O)(=O)c2ccccc2)c(C)c1. The van der Waals surface area contributed by atoms with Gasteiger partial charge in [-0.2, -0.15) is 13.5 Å². The van der Waals surface area contributed by atoms with Gasteiger partial charge in [0.05, 0.1) is 11.1 Å². The van der Waals surface area contributed by atoms with E-state index in [2.05, 4.69) is 9.93 Å². The molecule has 4 nitrogen and oxygen atoms in total. The zero-order valence-corrected chi connectivity index (χ0v) is 13.1. The van der Waals surface area contributed by atoms with Gasteiger partial charge in [0, 0.05) is 5.56 Å². The minimum absolute atomic E-state index is 0.194. The fraction of sp³-hybridized carbons (Fsp3) is 0.188. The monoisotopic (exact) mass is 302 g/mol. The molecule has 2 aromatic rings. The molecule has 5 heteroatoms. The van der Waals surface area contributed by atoms with Gasteiger partial charge in [-0.05, 0) is 44.0 Å². The maximum absolute atomic E-state index is 12.0. The van der Waals surface area contributed by atoms with Gasteiger partial charge in [-0.1, -0.05) is 35.9 Å². The lowest BCUT2D eigenvalue weighted by Gasteiger charge is -2.07. The maximum Gasteiger partial charge on any atom is 0.276 e. The van der Waals surface area contributed by atoms with Gasteiger partial charge in [0.25, 0.3) is 10.0 Å². The van der Waals surface area contributed by atoms with Crippen LogP contribution >= 0.6 is 0 Å². The number of hydrogen-bond donors (Lipinski definition) is 1. The van der Waals surface area contributed by atoms with Crippen molar-refractivity contribution in [3.63, 3.8) is 0 Å². The van der Waals surface area contributed by atoms with Crippen LogP contribution in [0.4, 0.5) is 0 Å². The number of hydrogen-bond acceptors (Lipinski definition) is 3. The third-order valence-electron chi connectivity index (χ3n) is 3.16. The number of benzene rings is 2. The number of sulfonamides is 1. The van der Waals surface area contributed by atoms with E-state index in [0.29, 0.717) is 0 Å². The van der Waals surface area contributed by atoms with Gasteiger partial charge in [0.2, 0.25) is 0 Å². The molecule has 0 aromatic heterocycles. The first-order chi connectivity index (χ1) is 9.90. The molecule has 0 spiro atoms. The topological polar surface area (TPSA) is 58.5 Å². The molecule has 110 valence electrons. The molecule has 0 saturated heterocycles. The molecular weight excluding hydrogens is 284 g/mol. The van der Waals surface area contributed by atoms with Gasteiger partial charge in [-0.15, -0.1) is 0 Å². The Bertz CT molecular complexity index is 743. The van der Waals surface area contributed by atoms with Gasteiger partial charge in [-0.25, -0.2) is 4.83 Å². The quantitative estimate of drug-likeness (QED) is 0.697. The summed E-state index contributed by atoms with van der Waals surface area (Å²) < 4.78 is 24.0. The molecule has 1 N–H and O–H groups in total. The molecule has 2 aromatic carbocycles. The standard InChI is InChI=1S/C16H18N2O2S/c1-12-9-13(2)16(14(3)10-12)11-17-18-21(19,20)15-7-5-4-6-8-15/h4-11,18H,1-3H3/b17-11-. The average Bonchev–Trinajstić information content (AvgIpc) is 2.42. The molecule has 2 rings (SSSR count). The van der Waals surface area contributed by atoms with Crippen molar-refractivity contribution in [2.75, 3.05) is 0 Å². The van der Waals surface area contributed by atoms with E-state index in [9.17, 15) is 8.42 Å². The van der Waals surface area contributed by atoms with Crippen molar-refractivity contribution in [2.45, 2.75) is 25.7 Å². The van der Waals surface area contributed by atoms with Crippen LogP contribution in [0.5, 0.6) is 0 Å². The Kier molecular flexibility index (Phi) is 4.43. The second-order valence-corrected chi connectivity index (χ2v) is 6.64. The highest BCUT2D eigenvalue weighted by Gasteiger charge is 2.11. The van der Waals surface area contributed by atoms with Gasteiger partial charge < -0.3 is 0 Å². The summed E-state index contributed by atoms with van der Waals surface area (Å²) >= 11 is 0. The molecule has 21 heavy (non-hydrogen) atoms. The molecule has 0 amide bonds. The Morgan fingerprint density at radius 2 is 1.57 bits per heavy atom. The van der Waals surface area contributed by atoms with Crippen molar-refractivity contribution in [1.29, 1.82) is 0 Å². The van der Waals surface area contributed by atoms with Crippen LogP contribution in [0.2, 0.25) is 0 Å². The summed E-state index contributed by atoms with van der Waals surface area (Å²) in [6.07, 6.45) is 1.55. The van der Waals surface area contributed by atoms with E-state index in [-0.39, 0.29) is 4.90 Å². The largest absolute Gasteiger partial charge is 0.276 e. The van der Waals surface area contributed by atoms with Crippen LogP contribution < -0.4 is 4.83 Å². The lowest BCUT2D eigenvalue weighted by Crippen LogP contribution is -2.18. The first-order valence-corrected chi connectivity index (χ1v) is 8.06. The predicted molar refractivity (Wildman–Crippen MR) is 85.0 cm³/mol. The fourth-order valence-corrected chi connectivity index (χ4v) is 3.02. The summed E-state index contributed by atoms with van der Waals surface area (Å²) in [5.74, 6) is 0. The highest BCUT2D eigenvalue weighted by atomic mass is 32.2. The first-order valence-electron chi connectivity index (χ1n) is 6.58. The predicted octanol–water partition coefficient (Wildman–Crippen LogP) is 2.92. The van der Waals surface area contributed by atoms with Crippen molar-refractivity contribution in [3.05, 3.63) is 64.7 Å². The molecule has 0 fully saturated rings. The molecule has 0 heterocycles. The third-order valence-corrected chi connectivity index (χ3v) is 4.40. The normalized spacial score (nSPS) is 11.8. The van der Waals surface area contributed by atoms with Gasteiger partial charge in [0.15, 0.2) is 0 Å². The zero-order chi connectivity index (χ0) is 15.5. The number of nitrogens with one attached hydrogen (secondary N) is 1. The van der Waals surface area contributed by atoms with E-state index in [0.717, 1.165) is 16.7 Å². The Labute approximate surface area is 125 Å². The summed E-state index contributed by atoms with van der Waals surface area (Å²) in [7, 11) is -3.61. The molecular formula is C16H18N2O2S. The maximum atomic E-state index is 12.0. The Morgan fingerprint density at radius 3 is 2.14 bits per heavy atom. The molecule has 0 aliphatic rings. The second-order valence-electron chi connectivity index (χ2n) is 4.98. The van der Waals surface area contributed by atoms with E-state index >= 15 is 0 Å². The summed E-state index contributed by atoms with van der Waals surface area (Å²) in [6, 6.07) is 12.3. The minimum Gasteiger partial charge on any atom is -0.200 e. The van der Waals surface area contributed by atoms with Crippen LogP contribution in [0.3, 0.4) is 0 Å². The minimum atomic E-state index is -3.61. The number of hydrazone groups is 1. The highest BCUT2D eigenvalue weighted by molar-refractivity contribution is 7.89. The van der Waals surface area contributed by atoms with E-state index in [1.807, 2.05) is 32.9 Å². The highest BCUT2D eigenvalue weighted by Crippen LogP contribution is 2.14. The smallest absolute Gasteiger partial charge is 0.200 e. The molecule has 0 saturated carbocycles. The fourth-order valence-electron chi connectivity index (χ4n) is 2.21. The van der Waals surface area contributed by atoms with Crippen LogP contribution in [0.15, 0.2) is 52.5 Å². The third kappa shape index (κ3) is 3.70. The zero-order valence-electron chi connectivity index (χ0n) is 12.3. The van der Waals surface area contributed by atoms with Gasteiger partial charge in [-0.3, -0.25) is 0 Å². The summed E-state index contributed by atoms with van der Waals surface area (Å²) in [5, 5.41) is 3.88. The lowest BCUT2D eigenvalue weighted by atomic mass is 10.0. The van der Waals surface area contributed by atoms with E-state index < -0.39 is 10.0 Å². The van der Waals surface area contributed by atoms with Crippen molar-refractivity contribution < 1.29 is 8.42 Å². The first kappa shape index (κ1) is 15.3. The van der Waals surface area contributed by atoms with E-state index in [4.69, 9.17) is 0 Å². The van der Waals surface area contributed by atoms with Crippen LogP contribution in [0.25, 0.3) is 0 Å².